The minimum absolute atomic E-state index is 0.190. The fraction of sp³-hybridized carbons (Fsp3) is 0.862. The highest BCUT2D eigenvalue weighted by molar-refractivity contribution is 5.75. The van der Waals surface area contributed by atoms with Crippen molar-refractivity contribution in [3.8, 4) is 0 Å². The molecule has 16 atom stereocenters. The van der Waals surface area contributed by atoms with Crippen LogP contribution in [-0.4, -0.2) is 30.9 Å². The Labute approximate surface area is 202 Å². The molecule has 0 aromatic rings. The zero-order chi connectivity index (χ0) is 23.3. The number of ether oxygens (including phenoxy) is 3. The number of carbonyl (C=O) groups is 2. The van der Waals surface area contributed by atoms with Crippen molar-refractivity contribution in [2.45, 2.75) is 58.2 Å². The molecular formula is C29H38O5. The maximum atomic E-state index is 13.0. The van der Waals surface area contributed by atoms with Gasteiger partial charge in [-0.2, -0.15) is 0 Å². The van der Waals surface area contributed by atoms with Crippen LogP contribution in [0.3, 0.4) is 0 Å². The van der Waals surface area contributed by atoms with Gasteiger partial charge in [0.2, 0.25) is 0 Å². The molecule has 0 saturated heterocycles. The molecule has 8 rings (SSSR count). The highest BCUT2D eigenvalue weighted by Gasteiger charge is 2.78. The third-order valence-corrected chi connectivity index (χ3v) is 12.4. The van der Waals surface area contributed by atoms with Crippen LogP contribution >= 0.6 is 0 Å². The summed E-state index contributed by atoms with van der Waals surface area (Å²) in [7, 11) is 1.48. The molecule has 8 aliphatic rings. The number of fused-ring (bicyclic) bond motifs is 23. The summed E-state index contributed by atoms with van der Waals surface area (Å²) in [4.78, 5) is 25.7. The molecule has 0 aliphatic heterocycles. The smallest absolute Gasteiger partial charge is 0.469 e. The van der Waals surface area contributed by atoms with Gasteiger partial charge in [-0.15, -0.1) is 0 Å². The predicted molar refractivity (Wildman–Crippen MR) is 123 cm³/mol. The fourth-order valence-electron chi connectivity index (χ4n) is 12.4. The monoisotopic (exact) mass is 466 g/mol. The number of hydrogen-bond acceptors (Lipinski definition) is 5. The molecule has 0 aromatic carbocycles. The third kappa shape index (κ3) is 2.34. The first-order chi connectivity index (χ1) is 16.3. The van der Waals surface area contributed by atoms with Gasteiger partial charge in [0, 0.05) is 5.92 Å². The SMILES string of the molecule is COC(=O)C1C2CC(C1OC(=O)OC(C)(C)C)C1C3CC(C21)C1C2CC(C4C5C=CC(C5)C24)C31. The number of methoxy groups -OCH3 is 1. The average molecular weight is 467 g/mol. The third-order valence-electron chi connectivity index (χ3n) is 12.4. The van der Waals surface area contributed by atoms with Crippen molar-refractivity contribution < 1.29 is 23.8 Å². The van der Waals surface area contributed by atoms with Crippen LogP contribution in [0, 0.1) is 88.8 Å². The second-order valence-electron chi connectivity index (χ2n) is 14.2. The van der Waals surface area contributed by atoms with Gasteiger partial charge in [-0.3, -0.25) is 4.79 Å². The molecular weight excluding hydrogens is 428 g/mol. The van der Waals surface area contributed by atoms with Crippen molar-refractivity contribution in [2.75, 3.05) is 7.11 Å². The van der Waals surface area contributed by atoms with E-state index in [1.54, 1.807) is 0 Å². The first-order valence-electron chi connectivity index (χ1n) is 13.9. The lowest BCUT2D eigenvalue weighted by Gasteiger charge is -2.51. The Hall–Kier alpha value is -1.52. The van der Waals surface area contributed by atoms with E-state index < -0.39 is 11.8 Å². The van der Waals surface area contributed by atoms with Crippen molar-refractivity contribution in [2.24, 2.45) is 88.8 Å². The Balaban J connectivity index is 1.11. The van der Waals surface area contributed by atoms with Gasteiger partial charge < -0.3 is 14.2 Å². The Bertz CT molecular complexity index is 979. The summed E-state index contributed by atoms with van der Waals surface area (Å²) in [5, 5.41) is 0. The lowest BCUT2D eigenvalue weighted by atomic mass is 9.54. The highest BCUT2D eigenvalue weighted by Crippen LogP contribution is 2.81. The van der Waals surface area contributed by atoms with E-state index >= 15 is 0 Å². The van der Waals surface area contributed by atoms with Crippen LogP contribution in [-0.2, 0) is 19.0 Å². The summed E-state index contributed by atoms with van der Waals surface area (Å²) in [5.41, 5.74) is -0.605. The molecule has 8 bridgehead atoms. The first kappa shape index (κ1) is 20.7. The normalized spacial score (nSPS) is 58.2. The summed E-state index contributed by atoms with van der Waals surface area (Å²) in [6, 6.07) is 0. The second-order valence-corrected chi connectivity index (χ2v) is 14.2. The molecule has 5 heteroatoms. The number of hydrogen-bond donors (Lipinski definition) is 0. The van der Waals surface area contributed by atoms with Crippen LogP contribution in [0.15, 0.2) is 12.2 Å². The van der Waals surface area contributed by atoms with Crippen molar-refractivity contribution in [1.29, 1.82) is 0 Å². The van der Waals surface area contributed by atoms with Gasteiger partial charge in [-0.25, -0.2) is 4.79 Å². The lowest BCUT2D eigenvalue weighted by molar-refractivity contribution is -0.159. The van der Waals surface area contributed by atoms with E-state index in [0.29, 0.717) is 17.8 Å². The average Bonchev–Trinajstić information content (AvgIpc) is 3.57. The minimum atomic E-state index is -0.631. The van der Waals surface area contributed by atoms with Gasteiger partial charge in [0.25, 0.3) is 0 Å². The zero-order valence-electron chi connectivity index (χ0n) is 20.8. The lowest BCUT2D eigenvalue weighted by Crippen LogP contribution is -2.52. The van der Waals surface area contributed by atoms with E-state index in [-0.39, 0.29) is 23.9 Å². The summed E-state index contributed by atoms with van der Waals surface area (Å²) in [5.74, 6) is 10.2. The van der Waals surface area contributed by atoms with Crippen LogP contribution in [0.2, 0.25) is 0 Å². The summed E-state index contributed by atoms with van der Waals surface area (Å²) < 4.78 is 16.8. The fourth-order valence-corrected chi connectivity index (χ4v) is 12.4. The quantitative estimate of drug-likeness (QED) is 0.327. The second kappa shape index (κ2) is 6.42. The molecule has 8 aliphatic carbocycles. The first-order valence-corrected chi connectivity index (χ1v) is 13.9. The maximum Gasteiger partial charge on any atom is 0.509 e. The van der Waals surface area contributed by atoms with Crippen LogP contribution in [0.1, 0.15) is 46.5 Å². The molecule has 34 heavy (non-hydrogen) atoms. The molecule has 5 nitrogen and oxygen atoms in total. The van der Waals surface area contributed by atoms with E-state index in [1.807, 2.05) is 20.8 Å². The van der Waals surface area contributed by atoms with Gasteiger partial charge in [-0.1, -0.05) is 12.2 Å². The number of allylic oxidation sites excluding steroid dienone is 2. The Morgan fingerprint density at radius 3 is 1.76 bits per heavy atom. The molecule has 184 valence electrons. The van der Waals surface area contributed by atoms with Crippen LogP contribution in [0.5, 0.6) is 0 Å². The van der Waals surface area contributed by atoms with Gasteiger partial charge in [0.1, 0.15) is 11.7 Å². The van der Waals surface area contributed by atoms with E-state index in [9.17, 15) is 9.59 Å². The van der Waals surface area contributed by atoms with Crippen molar-refractivity contribution in [3.63, 3.8) is 0 Å². The Morgan fingerprint density at radius 2 is 1.21 bits per heavy atom. The van der Waals surface area contributed by atoms with E-state index in [2.05, 4.69) is 12.2 Å². The van der Waals surface area contributed by atoms with Crippen molar-refractivity contribution >= 4 is 12.1 Å². The van der Waals surface area contributed by atoms with Gasteiger partial charge in [0.05, 0.1) is 13.0 Å². The van der Waals surface area contributed by atoms with Crippen molar-refractivity contribution in [1.82, 2.24) is 0 Å². The van der Waals surface area contributed by atoms with E-state index in [4.69, 9.17) is 14.2 Å². The van der Waals surface area contributed by atoms with Crippen LogP contribution < -0.4 is 0 Å². The maximum absolute atomic E-state index is 13.0. The number of carbonyl (C=O) groups excluding carboxylic acids is 2. The molecule has 0 heterocycles. The zero-order valence-corrected chi connectivity index (χ0v) is 20.8. The molecule has 7 fully saturated rings. The summed E-state index contributed by atoms with van der Waals surface area (Å²) in [6.07, 6.45) is 9.37. The van der Waals surface area contributed by atoms with Crippen LogP contribution in [0.4, 0.5) is 4.79 Å². The minimum Gasteiger partial charge on any atom is -0.469 e. The molecule has 0 amide bonds. The Kier molecular flexibility index (Phi) is 3.90. The number of esters is 1. The van der Waals surface area contributed by atoms with Crippen molar-refractivity contribution in [3.05, 3.63) is 12.2 Å². The molecule has 0 aromatic heterocycles. The van der Waals surface area contributed by atoms with E-state index in [1.165, 1.54) is 26.4 Å². The van der Waals surface area contributed by atoms with Gasteiger partial charge >= 0.3 is 12.1 Å². The van der Waals surface area contributed by atoms with Gasteiger partial charge in [-0.05, 0) is 123 Å². The number of rotatable bonds is 2. The van der Waals surface area contributed by atoms with E-state index in [0.717, 1.165) is 65.6 Å². The standard InChI is InChI=1S/C29H38O5/c1-29(2,3)34-28(31)33-26-18-10-17(25(26)27(30)32-4)23-15-9-16(24(18)23)22-14-8-13(21(15)22)19-11-5-6-12(7-11)20(14)19/h5-6,11-26H,7-10H2,1-4H3. The summed E-state index contributed by atoms with van der Waals surface area (Å²) >= 11 is 0. The largest absolute Gasteiger partial charge is 0.509 e. The molecule has 0 radical (unpaired) electrons. The molecule has 16 unspecified atom stereocenters. The molecule has 0 spiro atoms. The molecule has 0 N–H and O–H groups in total. The highest BCUT2D eigenvalue weighted by atomic mass is 16.7. The predicted octanol–water partition coefficient (Wildman–Crippen LogP) is 4.95. The van der Waals surface area contributed by atoms with Gasteiger partial charge in [0.15, 0.2) is 0 Å². The molecule has 7 saturated carbocycles. The topological polar surface area (TPSA) is 61.8 Å². The summed E-state index contributed by atoms with van der Waals surface area (Å²) in [6.45, 7) is 5.56. The van der Waals surface area contributed by atoms with Crippen LogP contribution in [0.25, 0.3) is 0 Å². The Morgan fingerprint density at radius 1 is 0.706 bits per heavy atom.